The Labute approximate surface area is 257 Å². The predicted molar refractivity (Wildman–Crippen MR) is 183 cm³/mol. The summed E-state index contributed by atoms with van der Waals surface area (Å²) in [5.74, 6) is 0. The molecule has 0 radical (unpaired) electrons. The molecule has 0 amide bonds. The summed E-state index contributed by atoms with van der Waals surface area (Å²) < 4.78 is 61.1. The predicted octanol–water partition coefficient (Wildman–Crippen LogP) is 12.0. The molecule has 1 nitrogen and oxygen atoms in total. The van der Waals surface area contributed by atoms with Crippen LogP contribution in [-0.4, -0.2) is 0 Å². The summed E-state index contributed by atoms with van der Waals surface area (Å²) in [4.78, 5) is 0. The first kappa shape index (κ1) is 18.7. The van der Waals surface area contributed by atoms with Crippen LogP contribution in [0.25, 0.3) is 87.6 Å². The van der Waals surface area contributed by atoms with E-state index in [4.69, 9.17) is 8.53 Å². The van der Waals surface area contributed by atoms with Crippen LogP contribution in [0.15, 0.2) is 162 Å². The van der Waals surface area contributed by atoms with E-state index in [1.807, 2.05) is 78.9 Å². The minimum atomic E-state index is -0.295. The first-order valence-corrected chi connectivity index (χ1v) is 14.3. The van der Waals surface area contributed by atoms with Crippen molar-refractivity contribution in [1.29, 1.82) is 0 Å². The zero-order chi connectivity index (χ0) is 33.6. The minimum Gasteiger partial charge on any atom is -0.455 e. The first-order valence-electron chi connectivity index (χ1n) is 17.3. The second-order valence-electron chi connectivity index (χ2n) is 10.7. The van der Waals surface area contributed by atoms with Gasteiger partial charge >= 0.3 is 0 Å². The summed E-state index contributed by atoms with van der Waals surface area (Å²) in [6, 6.07) is 38.7. The van der Waals surface area contributed by atoms with E-state index in [0.29, 0.717) is 16.7 Å². The summed E-state index contributed by atoms with van der Waals surface area (Å²) in [5, 5.41) is 6.17. The van der Waals surface area contributed by atoms with E-state index in [0.717, 1.165) is 43.4 Å². The van der Waals surface area contributed by atoms with Gasteiger partial charge in [-0.3, -0.25) is 0 Å². The lowest BCUT2D eigenvalue weighted by molar-refractivity contribution is 0.670. The lowest BCUT2D eigenvalue weighted by Gasteiger charge is -2.18. The number of para-hydroxylation sites is 1. The Morgan fingerprint density at radius 1 is 0.419 bits per heavy atom. The third-order valence-corrected chi connectivity index (χ3v) is 8.36. The lowest BCUT2D eigenvalue weighted by Crippen LogP contribution is -1.91. The molecular formula is C42H26O. The molecule has 0 atom stereocenters. The Morgan fingerprint density at radius 3 is 1.79 bits per heavy atom. The second-order valence-corrected chi connectivity index (χ2v) is 10.7. The summed E-state index contributed by atoms with van der Waals surface area (Å²) >= 11 is 0. The minimum absolute atomic E-state index is 0.0629. The van der Waals surface area contributed by atoms with E-state index in [1.54, 1.807) is 0 Å². The molecule has 0 aliphatic heterocycles. The molecule has 9 rings (SSSR count). The van der Waals surface area contributed by atoms with Crippen LogP contribution in [0.3, 0.4) is 0 Å². The molecule has 0 spiro atoms. The second kappa shape index (κ2) is 9.44. The summed E-state index contributed by atoms with van der Waals surface area (Å²) in [7, 11) is 0. The number of benzene rings is 8. The zero-order valence-corrected chi connectivity index (χ0v) is 23.0. The van der Waals surface area contributed by atoms with Crippen LogP contribution < -0.4 is 0 Å². The molecule has 0 unspecified atom stereocenters. The van der Waals surface area contributed by atoms with Gasteiger partial charge in [-0.05, 0) is 72.2 Å². The third-order valence-electron chi connectivity index (χ3n) is 8.36. The van der Waals surface area contributed by atoms with Crippen molar-refractivity contribution in [3.63, 3.8) is 0 Å². The quantitative estimate of drug-likeness (QED) is 0.199. The Kier molecular flexibility index (Phi) is 4.11. The standard InChI is InChI=1S/C42H26O/c1-2-12-28(13-3-1)31-21-11-23-38-32-25-24-29(26-39(32)43-42(31)38)40-34-17-6-8-19-36(34)41(37-20-9-7-18-35(37)40)33-22-10-15-27-14-4-5-16-30(27)33/h1-26H/i11D,21D,23D,24D,25D,26D. The molecule has 9 aromatic rings. The normalized spacial score (nSPS) is 13.7. The SMILES string of the molecule is [2H]c1c([2H])c([2H])c2c(oc3c([2H])c(-c4c5ccccc5c(-c5cccc6ccccc56)c5ccccc45)c([2H])c([2H])c32)c1-c1ccccc1. The van der Waals surface area contributed by atoms with Crippen LogP contribution in [0.1, 0.15) is 8.22 Å². The first-order chi connectivity index (χ1) is 23.9. The van der Waals surface area contributed by atoms with Crippen molar-refractivity contribution in [2.75, 3.05) is 0 Å². The number of furan rings is 1. The van der Waals surface area contributed by atoms with Crippen molar-refractivity contribution in [2.24, 2.45) is 0 Å². The number of fused-ring (bicyclic) bond motifs is 6. The topological polar surface area (TPSA) is 13.1 Å². The number of hydrogen-bond acceptors (Lipinski definition) is 1. The fourth-order valence-electron chi connectivity index (χ4n) is 6.48. The summed E-state index contributed by atoms with van der Waals surface area (Å²) in [6.45, 7) is 0. The lowest BCUT2D eigenvalue weighted by atomic mass is 9.84. The Morgan fingerprint density at radius 2 is 1.05 bits per heavy atom. The van der Waals surface area contributed by atoms with Crippen LogP contribution in [0, 0.1) is 0 Å². The average molecular weight is 553 g/mol. The van der Waals surface area contributed by atoms with Crippen LogP contribution in [0.4, 0.5) is 0 Å². The van der Waals surface area contributed by atoms with Crippen molar-refractivity contribution in [3.05, 3.63) is 158 Å². The molecule has 0 fully saturated rings. The monoisotopic (exact) mass is 552 g/mol. The van der Waals surface area contributed by atoms with Gasteiger partial charge in [-0.2, -0.15) is 0 Å². The van der Waals surface area contributed by atoms with E-state index in [-0.39, 0.29) is 63.8 Å². The Balaban J connectivity index is 1.44. The van der Waals surface area contributed by atoms with Crippen molar-refractivity contribution >= 4 is 54.3 Å². The fourth-order valence-corrected chi connectivity index (χ4v) is 6.48. The van der Waals surface area contributed by atoms with Crippen molar-refractivity contribution in [2.45, 2.75) is 0 Å². The molecule has 200 valence electrons. The molecule has 43 heavy (non-hydrogen) atoms. The van der Waals surface area contributed by atoms with Gasteiger partial charge in [0.05, 0.1) is 8.22 Å². The van der Waals surface area contributed by atoms with Crippen LogP contribution in [-0.2, 0) is 0 Å². The van der Waals surface area contributed by atoms with Crippen molar-refractivity contribution in [3.8, 4) is 33.4 Å². The Hall–Kier alpha value is -5.66. The maximum atomic E-state index is 9.62. The average Bonchev–Trinajstić information content (AvgIpc) is 3.54. The molecule has 8 aromatic carbocycles. The van der Waals surface area contributed by atoms with E-state index in [1.165, 1.54) is 0 Å². The van der Waals surface area contributed by atoms with Gasteiger partial charge in [-0.15, -0.1) is 0 Å². The van der Waals surface area contributed by atoms with Crippen LogP contribution in [0.5, 0.6) is 0 Å². The number of hydrogen-bond donors (Lipinski definition) is 0. The van der Waals surface area contributed by atoms with Gasteiger partial charge in [0.2, 0.25) is 0 Å². The molecule has 1 heterocycles. The molecule has 0 aliphatic rings. The van der Waals surface area contributed by atoms with Gasteiger partial charge in [-0.1, -0.05) is 145 Å². The van der Waals surface area contributed by atoms with Gasteiger partial charge in [0.25, 0.3) is 0 Å². The molecule has 0 saturated carbocycles. The molecular weight excluding hydrogens is 520 g/mol. The fraction of sp³-hybridized carbons (Fsp3) is 0. The van der Waals surface area contributed by atoms with Gasteiger partial charge in [-0.25, -0.2) is 0 Å². The summed E-state index contributed by atoms with van der Waals surface area (Å²) in [6.07, 6.45) is 0. The van der Waals surface area contributed by atoms with Crippen LogP contribution in [0.2, 0.25) is 0 Å². The molecule has 0 N–H and O–H groups in total. The van der Waals surface area contributed by atoms with Gasteiger partial charge in [0.1, 0.15) is 11.2 Å². The van der Waals surface area contributed by atoms with E-state index in [2.05, 4.69) is 42.5 Å². The Bertz CT molecular complexity index is 2780. The van der Waals surface area contributed by atoms with Gasteiger partial charge in [0.15, 0.2) is 0 Å². The molecule has 0 saturated heterocycles. The highest BCUT2D eigenvalue weighted by atomic mass is 16.3. The van der Waals surface area contributed by atoms with E-state index in [9.17, 15) is 4.11 Å². The van der Waals surface area contributed by atoms with E-state index >= 15 is 0 Å². The molecule has 1 aromatic heterocycles. The van der Waals surface area contributed by atoms with Crippen molar-refractivity contribution < 1.29 is 12.6 Å². The maximum Gasteiger partial charge on any atom is 0.143 e. The van der Waals surface area contributed by atoms with Gasteiger partial charge < -0.3 is 4.42 Å². The zero-order valence-electron chi connectivity index (χ0n) is 29.0. The molecule has 1 heteroatoms. The van der Waals surface area contributed by atoms with Crippen LogP contribution >= 0.6 is 0 Å². The highest BCUT2D eigenvalue weighted by molar-refractivity contribution is 6.24. The van der Waals surface area contributed by atoms with Gasteiger partial charge in [0, 0.05) is 16.3 Å². The van der Waals surface area contributed by atoms with Crippen molar-refractivity contribution in [1.82, 2.24) is 0 Å². The summed E-state index contributed by atoms with van der Waals surface area (Å²) in [5.41, 5.74) is 4.26. The largest absolute Gasteiger partial charge is 0.455 e. The maximum absolute atomic E-state index is 9.62. The molecule has 0 aliphatic carbocycles. The number of rotatable bonds is 3. The highest BCUT2D eigenvalue weighted by Gasteiger charge is 2.19. The third kappa shape index (κ3) is 3.65. The molecule has 0 bridgehead atoms. The smallest absolute Gasteiger partial charge is 0.143 e. The van der Waals surface area contributed by atoms with E-state index < -0.39 is 0 Å². The highest BCUT2D eigenvalue weighted by Crippen LogP contribution is 2.46.